The van der Waals surface area contributed by atoms with Gasteiger partial charge < -0.3 is 20.4 Å². The van der Waals surface area contributed by atoms with Crippen LogP contribution in [0.5, 0.6) is 0 Å². The van der Waals surface area contributed by atoms with Crippen LogP contribution in [0.2, 0.25) is 0 Å². The van der Waals surface area contributed by atoms with Crippen molar-refractivity contribution >= 4 is 17.5 Å². The molecule has 2 amide bonds. The van der Waals surface area contributed by atoms with Gasteiger partial charge in [0.1, 0.15) is 0 Å². The van der Waals surface area contributed by atoms with Crippen molar-refractivity contribution in [3.8, 4) is 0 Å². The average Bonchev–Trinajstić information content (AvgIpc) is 3.16. The lowest BCUT2D eigenvalue weighted by Gasteiger charge is -2.38. The summed E-state index contributed by atoms with van der Waals surface area (Å²) in [6, 6.07) is 10.3. The first-order chi connectivity index (χ1) is 12.1. The number of rotatable bonds is 4. The van der Waals surface area contributed by atoms with Crippen molar-refractivity contribution in [2.45, 2.75) is 25.8 Å². The summed E-state index contributed by atoms with van der Waals surface area (Å²) in [6.07, 6.45) is 3.35. The molecule has 2 heterocycles. The number of nitrogens with zero attached hydrogens (tertiary/aromatic N) is 1. The molecule has 25 heavy (non-hydrogen) atoms. The molecule has 132 valence electrons. The van der Waals surface area contributed by atoms with E-state index in [0.717, 1.165) is 12.8 Å². The van der Waals surface area contributed by atoms with Gasteiger partial charge in [0.2, 0.25) is 0 Å². The summed E-state index contributed by atoms with van der Waals surface area (Å²) >= 11 is 0. The van der Waals surface area contributed by atoms with Crippen LogP contribution < -0.4 is 11.1 Å². The van der Waals surface area contributed by atoms with Gasteiger partial charge in [0.05, 0.1) is 6.26 Å². The quantitative estimate of drug-likeness (QED) is 0.895. The minimum absolute atomic E-state index is 0.0450. The molecule has 0 radical (unpaired) electrons. The van der Waals surface area contributed by atoms with Crippen molar-refractivity contribution < 1.29 is 14.0 Å². The molecule has 1 aromatic carbocycles. The fourth-order valence-corrected chi connectivity index (χ4v) is 3.24. The van der Waals surface area contributed by atoms with E-state index in [0.29, 0.717) is 30.3 Å². The van der Waals surface area contributed by atoms with Crippen molar-refractivity contribution in [1.29, 1.82) is 0 Å². The second kappa shape index (κ2) is 7.53. The topological polar surface area (TPSA) is 88.6 Å². The van der Waals surface area contributed by atoms with Crippen LogP contribution >= 0.6 is 0 Å². The van der Waals surface area contributed by atoms with Gasteiger partial charge in [0.15, 0.2) is 5.76 Å². The number of likely N-dealkylation sites (tertiary alicyclic amines) is 1. The monoisotopic (exact) mass is 341 g/mol. The smallest absolute Gasteiger partial charge is 0.291 e. The lowest BCUT2D eigenvalue weighted by molar-refractivity contribution is 0.0573. The van der Waals surface area contributed by atoms with Gasteiger partial charge in [-0.1, -0.05) is 13.0 Å². The van der Waals surface area contributed by atoms with Crippen LogP contribution in [0.3, 0.4) is 0 Å². The number of hydrogen-bond acceptors (Lipinski definition) is 4. The molecule has 6 nitrogen and oxygen atoms in total. The van der Waals surface area contributed by atoms with Gasteiger partial charge in [0.25, 0.3) is 11.8 Å². The second-order valence-electron chi connectivity index (χ2n) is 6.53. The Morgan fingerprint density at radius 1 is 1.32 bits per heavy atom. The van der Waals surface area contributed by atoms with E-state index >= 15 is 0 Å². The number of furan rings is 1. The molecule has 0 saturated carbocycles. The Balaban J connectivity index is 1.74. The van der Waals surface area contributed by atoms with Crippen molar-refractivity contribution in [3.63, 3.8) is 0 Å². The first-order valence-electron chi connectivity index (χ1n) is 8.54. The van der Waals surface area contributed by atoms with E-state index in [4.69, 9.17) is 10.2 Å². The van der Waals surface area contributed by atoms with Crippen molar-refractivity contribution in [2.75, 3.05) is 18.4 Å². The largest absolute Gasteiger partial charge is 0.459 e. The molecule has 3 N–H and O–H groups in total. The predicted molar refractivity (Wildman–Crippen MR) is 95.4 cm³/mol. The Bertz CT molecular complexity index is 742. The third-order valence-corrected chi connectivity index (χ3v) is 4.62. The molecule has 0 spiro atoms. The van der Waals surface area contributed by atoms with E-state index in [1.165, 1.54) is 6.26 Å². The van der Waals surface area contributed by atoms with Gasteiger partial charge in [-0.2, -0.15) is 0 Å². The lowest BCUT2D eigenvalue weighted by atomic mass is 9.92. The van der Waals surface area contributed by atoms with Crippen LogP contribution in [0.15, 0.2) is 47.1 Å². The number of carbonyl (C=O) groups excluding carboxylic acids is 2. The highest BCUT2D eigenvalue weighted by atomic mass is 16.3. The molecule has 1 saturated heterocycles. The fraction of sp³-hybridized carbons (Fsp3) is 0.368. The molecule has 2 unspecified atom stereocenters. The minimum atomic E-state index is -0.346. The number of anilines is 1. The highest BCUT2D eigenvalue weighted by molar-refractivity contribution is 6.03. The molecule has 1 fully saturated rings. The van der Waals surface area contributed by atoms with Crippen LogP contribution in [0.25, 0.3) is 0 Å². The van der Waals surface area contributed by atoms with E-state index in [2.05, 4.69) is 12.2 Å². The maximum atomic E-state index is 12.9. The molecule has 2 atom stereocenters. The Morgan fingerprint density at radius 3 is 2.88 bits per heavy atom. The number of carbonyl (C=O) groups is 2. The van der Waals surface area contributed by atoms with Gasteiger partial charge in [-0.3, -0.25) is 9.59 Å². The van der Waals surface area contributed by atoms with E-state index in [9.17, 15) is 9.59 Å². The Kier molecular flexibility index (Phi) is 5.19. The molecule has 1 aliphatic heterocycles. The standard InChI is InChI=1S/C19H23N3O3/c1-13-7-8-22(16(10-13)12-20)19(24)14-4-2-5-15(11-14)21-18(23)17-6-3-9-25-17/h2-6,9,11,13,16H,7-8,10,12,20H2,1H3,(H,21,23). The van der Waals surface area contributed by atoms with Crippen molar-refractivity contribution in [2.24, 2.45) is 11.7 Å². The summed E-state index contributed by atoms with van der Waals surface area (Å²) in [7, 11) is 0. The van der Waals surface area contributed by atoms with Crippen LogP contribution in [-0.4, -0.2) is 35.8 Å². The average molecular weight is 341 g/mol. The maximum absolute atomic E-state index is 12.9. The minimum Gasteiger partial charge on any atom is -0.459 e. The number of amides is 2. The normalized spacial score (nSPS) is 20.3. The van der Waals surface area contributed by atoms with Gasteiger partial charge >= 0.3 is 0 Å². The molecule has 0 aliphatic carbocycles. The van der Waals surface area contributed by atoms with E-state index < -0.39 is 0 Å². The summed E-state index contributed by atoms with van der Waals surface area (Å²) in [4.78, 5) is 26.8. The third kappa shape index (κ3) is 3.91. The summed E-state index contributed by atoms with van der Waals surface area (Å²) in [5, 5.41) is 2.75. The summed E-state index contributed by atoms with van der Waals surface area (Å²) < 4.78 is 5.08. The van der Waals surface area contributed by atoms with Gasteiger partial charge in [-0.15, -0.1) is 0 Å². The molecule has 6 heteroatoms. The zero-order chi connectivity index (χ0) is 17.8. The molecule has 1 aliphatic rings. The van der Waals surface area contributed by atoms with Gasteiger partial charge in [-0.05, 0) is 49.1 Å². The number of nitrogens with two attached hydrogens (primary N) is 1. The molecule has 1 aromatic heterocycles. The second-order valence-corrected chi connectivity index (χ2v) is 6.53. The summed E-state index contributed by atoms with van der Waals surface area (Å²) in [6.45, 7) is 3.37. The number of hydrogen-bond donors (Lipinski definition) is 2. The highest BCUT2D eigenvalue weighted by Crippen LogP contribution is 2.24. The Morgan fingerprint density at radius 2 is 2.16 bits per heavy atom. The van der Waals surface area contributed by atoms with E-state index in [1.54, 1.807) is 36.4 Å². The highest BCUT2D eigenvalue weighted by Gasteiger charge is 2.29. The molecule has 3 rings (SSSR count). The van der Waals surface area contributed by atoms with Gasteiger partial charge in [0, 0.05) is 30.4 Å². The van der Waals surface area contributed by atoms with E-state index in [-0.39, 0.29) is 23.6 Å². The summed E-state index contributed by atoms with van der Waals surface area (Å²) in [5.74, 6) is 0.416. The van der Waals surface area contributed by atoms with Crippen molar-refractivity contribution in [1.82, 2.24) is 4.90 Å². The zero-order valence-electron chi connectivity index (χ0n) is 14.3. The first kappa shape index (κ1) is 17.2. The Labute approximate surface area is 147 Å². The van der Waals surface area contributed by atoms with Gasteiger partial charge in [-0.25, -0.2) is 0 Å². The first-order valence-corrected chi connectivity index (χ1v) is 8.54. The zero-order valence-corrected chi connectivity index (χ0v) is 14.3. The Hall–Kier alpha value is -2.60. The van der Waals surface area contributed by atoms with Crippen molar-refractivity contribution in [3.05, 3.63) is 54.0 Å². The van der Waals surface area contributed by atoms with Crippen LogP contribution in [-0.2, 0) is 0 Å². The number of piperidine rings is 1. The molecular weight excluding hydrogens is 318 g/mol. The predicted octanol–water partition coefficient (Wildman–Crippen LogP) is 2.73. The SMILES string of the molecule is CC1CCN(C(=O)c2cccc(NC(=O)c3ccco3)c2)C(CN)C1. The molecule has 2 aromatic rings. The summed E-state index contributed by atoms with van der Waals surface area (Å²) in [5.41, 5.74) is 6.96. The fourth-order valence-electron chi connectivity index (χ4n) is 3.24. The van der Waals surface area contributed by atoms with Crippen LogP contribution in [0, 0.1) is 5.92 Å². The maximum Gasteiger partial charge on any atom is 0.291 e. The molecular formula is C19H23N3O3. The van der Waals surface area contributed by atoms with Crippen LogP contribution in [0.1, 0.15) is 40.7 Å². The van der Waals surface area contributed by atoms with E-state index in [1.807, 2.05) is 4.90 Å². The lowest BCUT2D eigenvalue weighted by Crippen LogP contribution is -2.49. The number of benzene rings is 1. The number of nitrogens with one attached hydrogen (secondary N) is 1. The van der Waals surface area contributed by atoms with Crippen LogP contribution in [0.4, 0.5) is 5.69 Å². The third-order valence-electron chi connectivity index (χ3n) is 4.62. The molecule has 0 bridgehead atoms.